The van der Waals surface area contributed by atoms with E-state index >= 15 is 0 Å². The van der Waals surface area contributed by atoms with Gasteiger partial charge in [0.2, 0.25) is 0 Å². The van der Waals surface area contributed by atoms with E-state index < -0.39 is 17.5 Å². The number of hydrogen-bond acceptors (Lipinski definition) is 3. The molecule has 1 N–H and O–H groups in total. The van der Waals surface area contributed by atoms with Crippen molar-refractivity contribution in [2.75, 3.05) is 5.32 Å². The molecular weight excluding hydrogens is 283 g/mol. The van der Waals surface area contributed by atoms with Gasteiger partial charge in [0.1, 0.15) is 16.6 Å². The molecule has 0 saturated carbocycles. The van der Waals surface area contributed by atoms with Crippen LogP contribution in [0.1, 0.15) is 20.8 Å². The highest BCUT2D eigenvalue weighted by atomic mass is 35.5. The lowest BCUT2D eigenvalue weighted by Gasteiger charge is -2.19. The number of ether oxygens (including phenoxy) is 1. The number of carbonyl (C=O) groups excluding carboxylic acids is 1. The summed E-state index contributed by atoms with van der Waals surface area (Å²) < 4.78 is 18.7. The molecule has 0 aliphatic heterocycles. The molecule has 106 valence electrons. The van der Waals surface area contributed by atoms with Crippen LogP contribution in [-0.2, 0) is 4.74 Å². The second-order valence-electron chi connectivity index (χ2n) is 5.28. The molecule has 0 unspecified atom stereocenters. The minimum absolute atomic E-state index is 0.175. The van der Waals surface area contributed by atoms with E-state index in [4.69, 9.17) is 16.3 Å². The Morgan fingerprint density at radius 2 is 2.05 bits per heavy atom. The average Bonchev–Trinajstić information content (AvgIpc) is 2.31. The van der Waals surface area contributed by atoms with E-state index in [1.54, 1.807) is 32.9 Å². The zero-order valence-electron chi connectivity index (χ0n) is 11.3. The third-order valence-corrected chi connectivity index (χ3v) is 2.74. The van der Waals surface area contributed by atoms with Crippen LogP contribution in [0.15, 0.2) is 24.4 Å². The molecule has 4 nitrogen and oxygen atoms in total. The number of nitrogens with one attached hydrogen (secondary N) is 1. The number of nitrogens with zero attached hydrogens (tertiary/aromatic N) is 1. The van der Waals surface area contributed by atoms with Gasteiger partial charge in [-0.3, -0.25) is 5.32 Å². The minimum Gasteiger partial charge on any atom is -0.444 e. The number of rotatable bonds is 1. The molecule has 2 rings (SSSR count). The monoisotopic (exact) mass is 296 g/mol. The number of benzene rings is 1. The summed E-state index contributed by atoms with van der Waals surface area (Å²) in [5, 5.41) is 3.52. The third-order valence-electron chi connectivity index (χ3n) is 2.44. The van der Waals surface area contributed by atoms with Gasteiger partial charge < -0.3 is 4.74 Å². The normalized spacial score (nSPS) is 11.4. The van der Waals surface area contributed by atoms with Crippen LogP contribution in [0.2, 0.25) is 5.15 Å². The van der Waals surface area contributed by atoms with Gasteiger partial charge in [0.05, 0.1) is 6.20 Å². The summed E-state index contributed by atoms with van der Waals surface area (Å²) >= 11 is 5.92. The van der Waals surface area contributed by atoms with Crippen molar-refractivity contribution in [3.63, 3.8) is 0 Å². The maximum absolute atomic E-state index is 13.5. The fourth-order valence-electron chi connectivity index (χ4n) is 1.67. The lowest BCUT2D eigenvalue weighted by molar-refractivity contribution is 0.0636. The van der Waals surface area contributed by atoms with Crippen LogP contribution >= 0.6 is 11.6 Å². The second kappa shape index (κ2) is 5.25. The molecule has 0 bridgehead atoms. The molecule has 0 aliphatic carbocycles. The lowest BCUT2D eigenvalue weighted by atomic mass is 10.1. The third kappa shape index (κ3) is 3.36. The molecule has 0 atom stereocenters. The lowest BCUT2D eigenvalue weighted by Crippen LogP contribution is -2.27. The van der Waals surface area contributed by atoms with Gasteiger partial charge in [0, 0.05) is 16.5 Å². The highest BCUT2D eigenvalue weighted by Crippen LogP contribution is 2.26. The molecule has 0 aliphatic rings. The summed E-state index contributed by atoms with van der Waals surface area (Å²) in [7, 11) is 0. The Morgan fingerprint density at radius 1 is 1.35 bits per heavy atom. The van der Waals surface area contributed by atoms with Crippen LogP contribution in [0.3, 0.4) is 0 Å². The largest absolute Gasteiger partial charge is 0.444 e. The molecule has 1 heterocycles. The summed E-state index contributed by atoms with van der Waals surface area (Å²) in [5.74, 6) is -0.465. The summed E-state index contributed by atoms with van der Waals surface area (Å²) in [6, 6.07) is 4.66. The fourth-order valence-corrected chi connectivity index (χ4v) is 1.88. The number of halogens is 2. The average molecular weight is 297 g/mol. The smallest absolute Gasteiger partial charge is 0.412 e. The topological polar surface area (TPSA) is 51.2 Å². The maximum Gasteiger partial charge on any atom is 0.412 e. The second-order valence-corrected chi connectivity index (χ2v) is 5.64. The first-order valence-electron chi connectivity index (χ1n) is 6.00. The van der Waals surface area contributed by atoms with Crippen molar-refractivity contribution < 1.29 is 13.9 Å². The quantitative estimate of drug-likeness (QED) is 0.795. The first-order chi connectivity index (χ1) is 9.26. The predicted octanol–water partition coefficient (Wildman–Crippen LogP) is 4.37. The van der Waals surface area contributed by atoms with Crippen molar-refractivity contribution in [3.05, 3.63) is 35.4 Å². The minimum atomic E-state index is -0.591. The Labute approximate surface area is 120 Å². The number of anilines is 1. The van der Waals surface area contributed by atoms with E-state index in [2.05, 4.69) is 10.3 Å². The van der Waals surface area contributed by atoms with Gasteiger partial charge in [-0.15, -0.1) is 0 Å². The number of hydrogen-bond donors (Lipinski definition) is 1. The highest BCUT2D eigenvalue weighted by molar-refractivity contribution is 6.34. The Morgan fingerprint density at radius 3 is 2.70 bits per heavy atom. The number of amides is 1. The van der Waals surface area contributed by atoms with E-state index in [-0.39, 0.29) is 5.15 Å². The van der Waals surface area contributed by atoms with Gasteiger partial charge in [-0.25, -0.2) is 14.2 Å². The van der Waals surface area contributed by atoms with E-state index in [1.165, 1.54) is 6.07 Å². The van der Waals surface area contributed by atoms with Crippen LogP contribution in [0.5, 0.6) is 0 Å². The van der Waals surface area contributed by atoms with Crippen molar-refractivity contribution in [2.45, 2.75) is 26.4 Å². The molecule has 1 amide bonds. The molecule has 1 aromatic carbocycles. The van der Waals surface area contributed by atoms with Crippen LogP contribution in [0.25, 0.3) is 10.8 Å². The summed E-state index contributed by atoms with van der Waals surface area (Å²) in [6.07, 6.45) is 0.475. The van der Waals surface area contributed by atoms with Crippen LogP contribution in [0, 0.1) is 5.82 Å². The van der Waals surface area contributed by atoms with Crippen LogP contribution in [-0.4, -0.2) is 16.7 Å². The molecule has 0 saturated heterocycles. The molecule has 0 fully saturated rings. The zero-order chi connectivity index (χ0) is 14.9. The summed E-state index contributed by atoms with van der Waals surface area (Å²) in [4.78, 5) is 15.4. The fraction of sp³-hybridized carbons (Fsp3) is 0.286. The number of pyridine rings is 1. The van der Waals surface area contributed by atoms with Crippen molar-refractivity contribution >= 4 is 34.2 Å². The molecule has 2 aromatic rings. The Kier molecular flexibility index (Phi) is 3.81. The Bertz CT molecular complexity index is 668. The van der Waals surface area contributed by atoms with Crippen LogP contribution in [0.4, 0.5) is 14.9 Å². The molecular formula is C14H14ClFN2O2. The standard InChI is InChI=1S/C14H14ClFN2O2/c1-14(2,3)20-13(19)18-8-4-5-9-10(6-8)12(15)17-7-11(9)16/h4-7H,1-3H3,(H,18,19). The van der Waals surface area contributed by atoms with Gasteiger partial charge in [-0.2, -0.15) is 0 Å². The number of carbonyl (C=O) groups is 1. The van der Waals surface area contributed by atoms with Crippen LogP contribution < -0.4 is 5.32 Å². The Balaban J connectivity index is 2.29. The van der Waals surface area contributed by atoms with Gasteiger partial charge in [-0.1, -0.05) is 11.6 Å². The van der Waals surface area contributed by atoms with Crippen molar-refractivity contribution in [1.82, 2.24) is 4.98 Å². The van der Waals surface area contributed by atoms with Crippen molar-refractivity contribution in [3.8, 4) is 0 Å². The number of aromatic nitrogens is 1. The molecule has 20 heavy (non-hydrogen) atoms. The number of fused-ring (bicyclic) bond motifs is 1. The van der Waals surface area contributed by atoms with Crippen molar-refractivity contribution in [1.29, 1.82) is 0 Å². The molecule has 0 spiro atoms. The molecule has 1 aromatic heterocycles. The van der Waals surface area contributed by atoms with E-state index in [9.17, 15) is 9.18 Å². The van der Waals surface area contributed by atoms with Gasteiger partial charge in [0.25, 0.3) is 0 Å². The van der Waals surface area contributed by atoms with Crippen molar-refractivity contribution in [2.24, 2.45) is 0 Å². The summed E-state index contributed by atoms with van der Waals surface area (Å²) in [5.41, 5.74) is -0.132. The van der Waals surface area contributed by atoms with Gasteiger partial charge >= 0.3 is 6.09 Å². The van der Waals surface area contributed by atoms with Gasteiger partial charge in [0.15, 0.2) is 0 Å². The first kappa shape index (κ1) is 14.5. The highest BCUT2D eigenvalue weighted by Gasteiger charge is 2.16. The SMILES string of the molecule is CC(C)(C)OC(=O)Nc1ccc2c(F)cnc(Cl)c2c1. The van der Waals surface area contributed by atoms with E-state index in [0.717, 1.165) is 6.20 Å². The molecule has 6 heteroatoms. The Hall–Kier alpha value is -1.88. The summed E-state index contributed by atoms with van der Waals surface area (Å²) in [6.45, 7) is 5.30. The van der Waals surface area contributed by atoms with Gasteiger partial charge in [-0.05, 0) is 39.0 Å². The first-order valence-corrected chi connectivity index (χ1v) is 6.38. The van der Waals surface area contributed by atoms with E-state index in [0.29, 0.717) is 16.5 Å². The predicted molar refractivity (Wildman–Crippen MR) is 76.6 cm³/mol. The maximum atomic E-state index is 13.5. The van der Waals surface area contributed by atoms with E-state index in [1.807, 2.05) is 0 Å². The molecule has 0 radical (unpaired) electrons. The zero-order valence-corrected chi connectivity index (χ0v) is 12.1.